The van der Waals surface area contributed by atoms with Crippen LogP contribution in [0.25, 0.3) is 10.9 Å². The second-order valence-corrected chi connectivity index (χ2v) is 14.2. The molecule has 1 aliphatic rings. The molecule has 2 N–H and O–H groups in total. The molecule has 3 heterocycles. The second-order valence-electron chi connectivity index (χ2n) is 13.7. The number of hydrogen-bond acceptors (Lipinski definition) is 7. The molecule has 5 rings (SSSR count). The van der Waals surface area contributed by atoms with Crippen LogP contribution in [0.4, 0.5) is 11.4 Å². The van der Waals surface area contributed by atoms with Gasteiger partial charge in [0.1, 0.15) is 11.8 Å². The summed E-state index contributed by atoms with van der Waals surface area (Å²) in [7, 11) is 0. The molecule has 0 unspecified atom stereocenters. The van der Waals surface area contributed by atoms with E-state index in [1.165, 1.54) is 0 Å². The molecule has 0 saturated carbocycles. The first-order valence-electron chi connectivity index (χ1n) is 15.1. The van der Waals surface area contributed by atoms with E-state index in [1.807, 2.05) is 35.0 Å². The lowest BCUT2D eigenvalue weighted by Gasteiger charge is -2.40. The molecule has 0 amide bonds. The van der Waals surface area contributed by atoms with E-state index in [-0.39, 0.29) is 23.0 Å². The van der Waals surface area contributed by atoms with Crippen molar-refractivity contribution in [1.82, 2.24) is 24.9 Å². The van der Waals surface area contributed by atoms with Crippen LogP contribution in [0.15, 0.2) is 54.9 Å². The van der Waals surface area contributed by atoms with Crippen LogP contribution in [0.1, 0.15) is 90.2 Å². The highest BCUT2D eigenvalue weighted by Crippen LogP contribution is 2.38. The van der Waals surface area contributed by atoms with E-state index in [9.17, 15) is 5.26 Å². The van der Waals surface area contributed by atoms with Gasteiger partial charge in [0.2, 0.25) is 0 Å². The maximum absolute atomic E-state index is 9.94. The predicted molar refractivity (Wildman–Crippen MR) is 176 cm³/mol. The number of aromatic nitrogens is 4. The van der Waals surface area contributed by atoms with Gasteiger partial charge in [0.25, 0.3) is 0 Å². The van der Waals surface area contributed by atoms with Crippen LogP contribution in [-0.4, -0.2) is 49.5 Å². The molecule has 4 aromatic rings. The van der Waals surface area contributed by atoms with Crippen molar-refractivity contribution in [3.05, 3.63) is 76.7 Å². The van der Waals surface area contributed by atoms with Gasteiger partial charge in [-0.2, -0.15) is 5.26 Å². The Kier molecular flexibility index (Phi) is 8.69. The summed E-state index contributed by atoms with van der Waals surface area (Å²) in [5.41, 5.74) is 4.75. The summed E-state index contributed by atoms with van der Waals surface area (Å²) < 4.78 is 2.04. The molecule has 226 valence electrons. The molecular formula is C34H43ClN8. The van der Waals surface area contributed by atoms with E-state index in [2.05, 4.69) is 98.7 Å². The molecule has 2 atom stereocenters. The molecule has 43 heavy (non-hydrogen) atoms. The highest BCUT2D eigenvalue weighted by atomic mass is 35.5. The fourth-order valence-corrected chi connectivity index (χ4v) is 5.80. The van der Waals surface area contributed by atoms with Gasteiger partial charge in [0, 0.05) is 41.3 Å². The number of hydrogen-bond donors (Lipinski definition) is 2. The lowest BCUT2D eigenvalue weighted by molar-refractivity contribution is 0.0866. The minimum absolute atomic E-state index is 0.0183. The molecule has 0 spiro atoms. The van der Waals surface area contributed by atoms with Crippen molar-refractivity contribution in [2.45, 2.75) is 85.0 Å². The van der Waals surface area contributed by atoms with Crippen LogP contribution in [0.3, 0.4) is 0 Å². The molecular weight excluding hydrogens is 556 g/mol. The SMILES string of the molecule is C[C@H](Nc1c(C#N)cnc2c(N[C@@H](c3ccccc3)c3cn(C4CCN(C(C)(C)C)CC4)nn3)cc(Cl)cc12)C(C)(C)C. The monoisotopic (exact) mass is 598 g/mol. The maximum Gasteiger partial charge on any atom is 0.109 e. The Morgan fingerprint density at radius 3 is 2.35 bits per heavy atom. The molecule has 0 bridgehead atoms. The van der Waals surface area contributed by atoms with Gasteiger partial charge < -0.3 is 10.6 Å². The van der Waals surface area contributed by atoms with Crippen LogP contribution < -0.4 is 10.6 Å². The molecule has 8 nitrogen and oxygen atoms in total. The Labute approximate surface area is 260 Å². The number of halogens is 1. The quantitative estimate of drug-likeness (QED) is 0.224. The van der Waals surface area contributed by atoms with Crippen molar-refractivity contribution in [3.8, 4) is 6.07 Å². The molecule has 2 aromatic carbocycles. The summed E-state index contributed by atoms with van der Waals surface area (Å²) in [6.07, 6.45) is 5.79. The average molecular weight is 599 g/mol. The van der Waals surface area contributed by atoms with Crippen molar-refractivity contribution in [2.24, 2.45) is 5.41 Å². The number of nitrogens with zero attached hydrogens (tertiary/aromatic N) is 6. The van der Waals surface area contributed by atoms with Gasteiger partial charge in [-0.3, -0.25) is 9.88 Å². The minimum Gasteiger partial charge on any atom is -0.380 e. The zero-order valence-electron chi connectivity index (χ0n) is 26.3. The highest BCUT2D eigenvalue weighted by Gasteiger charge is 2.29. The van der Waals surface area contributed by atoms with Crippen LogP contribution in [-0.2, 0) is 0 Å². The first-order valence-corrected chi connectivity index (χ1v) is 15.5. The molecule has 0 radical (unpaired) electrons. The van der Waals surface area contributed by atoms with Gasteiger partial charge in [-0.05, 0) is 63.6 Å². The Bertz CT molecular complexity index is 1600. The number of nitrogens with one attached hydrogen (secondary N) is 2. The van der Waals surface area contributed by atoms with Crippen molar-refractivity contribution >= 4 is 33.9 Å². The normalized spacial score (nSPS) is 16.5. The van der Waals surface area contributed by atoms with Crippen molar-refractivity contribution in [1.29, 1.82) is 5.26 Å². The van der Waals surface area contributed by atoms with Gasteiger partial charge in [0.05, 0.1) is 40.7 Å². The van der Waals surface area contributed by atoms with Crippen molar-refractivity contribution < 1.29 is 0 Å². The third-order valence-corrected chi connectivity index (χ3v) is 8.98. The first-order chi connectivity index (χ1) is 20.3. The van der Waals surface area contributed by atoms with Gasteiger partial charge in [0.15, 0.2) is 0 Å². The second kappa shape index (κ2) is 12.1. The van der Waals surface area contributed by atoms with E-state index in [0.717, 1.165) is 59.5 Å². The molecule has 1 fully saturated rings. The molecule has 1 saturated heterocycles. The number of rotatable bonds is 7. The predicted octanol–water partition coefficient (Wildman–Crippen LogP) is 7.83. The van der Waals surface area contributed by atoms with E-state index >= 15 is 0 Å². The third-order valence-electron chi connectivity index (χ3n) is 8.76. The number of fused-ring (bicyclic) bond motifs is 1. The summed E-state index contributed by atoms with van der Waals surface area (Å²) in [5, 5.41) is 27.9. The van der Waals surface area contributed by atoms with Crippen LogP contribution in [0.5, 0.6) is 0 Å². The number of nitriles is 1. The standard InChI is InChI=1S/C34H43ClN8/c1-22(33(2,3)4)38-30-24(19-36)20-37-32-27(30)17-25(35)18-28(32)39-31(23-11-9-8-10-12-23)29-21-43(41-40-29)26-13-15-42(16-14-26)34(5,6)7/h8-12,17-18,20-22,26,31,39H,13-16H2,1-7H3,(H,37,38)/t22-,31-/m0/s1. The van der Waals surface area contributed by atoms with E-state index in [0.29, 0.717) is 16.6 Å². The minimum atomic E-state index is -0.284. The van der Waals surface area contributed by atoms with E-state index in [1.54, 1.807) is 6.20 Å². The summed E-state index contributed by atoms with van der Waals surface area (Å²) >= 11 is 6.73. The fraction of sp³-hybridized carbons (Fsp3) is 0.471. The zero-order valence-corrected chi connectivity index (χ0v) is 27.1. The maximum atomic E-state index is 9.94. The van der Waals surface area contributed by atoms with Crippen LogP contribution >= 0.6 is 11.6 Å². The zero-order chi connectivity index (χ0) is 30.9. The number of likely N-dealkylation sites (tertiary alicyclic amines) is 1. The van der Waals surface area contributed by atoms with Crippen LogP contribution in [0, 0.1) is 16.7 Å². The Balaban J connectivity index is 1.51. The molecule has 2 aromatic heterocycles. The Hall–Kier alpha value is -3.67. The van der Waals surface area contributed by atoms with Gasteiger partial charge in [-0.15, -0.1) is 5.10 Å². The van der Waals surface area contributed by atoms with Gasteiger partial charge in [-0.25, -0.2) is 4.68 Å². The Morgan fingerprint density at radius 1 is 1.02 bits per heavy atom. The molecule has 9 heteroatoms. The average Bonchev–Trinajstić information content (AvgIpc) is 3.45. The Morgan fingerprint density at radius 2 is 1.72 bits per heavy atom. The topological polar surface area (TPSA) is 94.7 Å². The van der Waals surface area contributed by atoms with E-state index in [4.69, 9.17) is 16.6 Å². The number of pyridine rings is 1. The van der Waals surface area contributed by atoms with Crippen molar-refractivity contribution in [3.63, 3.8) is 0 Å². The highest BCUT2D eigenvalue weighted by molar-refractivity contribution is 6.32. The summed E-state index contributed by atoms with van der Waals surface area (Å²) in [4.78, 5) is 7.28. The van der Waals surface area contributed by atoms with Crippen LogP contribution in [0.2, 0.25) is 5.02 Å². The largest absolute Gasteiger partial charge is 0.380 e. The third kappa shape index (κ3) is 6.79. The molecule has 1 aliphatic heterocycles. The smallest absolute Gasteiger partial charge is 0.109 e. The number of anilines is 2. The van der Waals surface area contributed by atoms with Gasteiger partial charge in [-0.1, -0.05) is 67.9 Å². The lowest BCUT2D eigenvalue weighted by Crippen LogP contribution is -2.46. The van der Waals surface area contributed by atoms with Crippen molar-refractivity contribution in [2.75, 3.05) is 23.7 Å². The first kappa shape index (κ1) is 30.8. The number of piperidine rings is 1. The lowest BCUT2D eigenvalue weighted by atomic mass is 9.87. The fourth-order valence-electron chi connectivity index (χ4n) is 5.58. The molecule has 0 aliphatic carbocycles. The number of benzene rings is 2. The van der Waals surface area contributed by atoms with E-state index < -0.39 is 0 Å². The van der Waals surface area contributed by atoms with Gasteiger partial charge >= 0.3 is 0 Å². The summed E-state index contributed by atoms with van der Waals surface area (Å²) in [6, 6.07) is 16.4. The summed E-state index contributed by atoms with van der Waals surface area (Å²) in [5.74, 6) is 0. The summed E-state index contributed by atoms with van der Waals surface area (Å²) in [6.45, 7) is 17.5.